The van der Waals surface area contributed by atoms with Crippen LogP contribution in [0.1, 0.15) is 24.0 Å². The number of rotatable bonds is 6. The van der Waals surface area contributed by atoms with Crippen molar-refractivity contribution in [3.05, 3.63) is 83.9 Å². The van der Waals surface area contributed by atoms with Crippen molar-refractivity contribution < 1.29 is 36.3 Å². The lowest BCUT2D eigenvalue weighted by Crippen LogP contribution is -2.58. The molecule has 0 aromatic heterocycles. The molecular weight excluding hydrogens is 509 g/mol. The maximum absolute atomic E-state index is 13.8. The molecule has 0 saturated carbocycles. The molecule has 0 spiro atoms. The van der Waals surface area contributed by atoms with Crippen LogP contribution in [0.3, 0.4) is 0 Å². The number of hydrogen-bond donors (Lipinski definition) is 2. The highest BCUT2D eigenvalue weighted by molar-refractivity contribution is 7.93. The molecule has 0 radical (unpaired) electrons. The van der Waals surface area contributed by atoms with Crippen molar-refractivity contribution in [1.29, 1.82) is 0 Å². The molecule has 0 bridgehead atoms. The van der Waals surface area contributed by atoms with Crippen LogP contribution in [0.2, 0.25) is 0 Å². The first kappa shape index (κ1) is 26.6. The zero-order valence-electron chi connectivity index (χ0n) is 19.8. The quantitative estimate of drug-likeness (QED) is 0.337. The molecule has 1 saturated heterocycles. The second-order valence-electron chi connectivity index (χ2n) is 8.80. The van der Waals surface area contributed by atoms with E-state index >= 15 is 0 Å². The van der Waals surface area contributed by atoms with Crippen molar-refractivity contribution in [1.82, 2.24) is 5.32 Å². The van der Waals surface area contributed by atoms with Gasteiger partial charge in [0.15, 0.2) is 14.6 Å². The van der Waals surface area contributed by atoms with E-state index < -0.39 is 32.2 Å². The highest BCUT2D eigenvalue weighted by Crippen LogP contribution is 2.37. The molecule has 1 heterocycles. The fraction of sp³-hybridized carbons (Fsp3) is 0.269. The number of hydrogen-bond acceptors (Lipinski definition) is 6. The molecule has 11 heteroatoms. The van der Waals surface area contributed by atoms with Crippen molar-refractivity contribution >= 4 is 21.4 Å². The van der Waals surface area contributed by atoms with Crippen molar-refractivity contribution in [2.24, 2.45) is 0 Å². The molecule has 7 nitrogen and oxygen atoms in total. The molecular formula is C26H25F3N2O5S. The molecule has 1 fully saturated rings. The van der Waals surface area contributed by atoms with Crippen LogP contribution < -0.4 is 15.1 Å². The van der Waals surface area contributed by atoms with Gasteiger partial charge in [0.1, 0.15) is 11.5 Å². The van der Waals surface area contributed by atoms with Crippen LogP contribution in [-0.4, -0.2) is 37.4 Å². The third-order valence-electron chi connectivity index (χ3n) is 6.34. The molecule has 4 rings (SSSR count). The van der Waals surface area contributed by atoms with E-state index in [0.717, 1.165) is 29.8 Å². The van der Waals surface area contributed by atoms with Crippen molar-refractivity contribution in [2.45, 2.75) is 35.6 Å². The molecule has 0 unspecified atom stereocenters. The number of halogens is 3. The minimum atomic E-state index is -4.47. The summed E-state index contributed by atoms with van der Waals surface area (Å²) in [6, 6.07) is 15.8. The number of hydroxylamine groups is 1. The number of nitrogens with zero attached hydrogens (tertiary/aromatic N) is 1. The maximum atomic E-state index is 13.8. The van der Waals surface area contributed by atoms with Crippen LogP contribution in [0, 0.1) is 6.92 Å². The van der Waals surface area contributed by atoms with Gasteiger partial charge in [0.05, 0.1) is 16.1 Å². The van der Waals surface area contributed by atoms with Crippen molar-refractivity contribution in [2.75, 3.05) is 18.2 Å². The largest absolute Gasteiger partial charge is 0.457 e. The standard InChI is InChI=1S/C26H25F3N2O5S/c1-18-2-6-20(7-3-18)31(33)24(32)25(14-16-30-17-15-25)37(34,35)23-12-10-22(11-13-23)36-21-8-4-19(5-9-21)26(27,28)29/h2-13,30,33H,14-17H2,1H3. The van der Waals surface area contributed by atoms with Gasteiger partial charge >= 0.3 is 6.18 Å². The SMILES string of the molecule is Cc1ccc(N(O)C(=O)C2(S(=O)(=O)c3ccc(Oc4ccc(C(F)(F)F)cc4)cc3)CCNCC2)cc1. The fourth-order valence-electron chi connectivity index (χ4n) is 4.18. The molecule has 2 N–H and O–H groups in total. The van der Waals surface area contributed by atoms with Gasteiger partial charge < -0.3 is 10.1 Å². The lowest BCUT2D eigenvalue weighted by atomic mass is 9.95. The Morgan fingerprint density at radius 1 is 0.919 bits per heavy atom. The number of benzene rings is 3. The fourth-order valence-corrected chi connectivity index (χ4v) is 6.19. The van der Waals surface area contributed by atoms with Gasteiger partial charge in [-0.25, -0.2) is 8.42 Å². The molecule has 3 aromatic rings. The Kier molecular flexibility index (Phi) is 7.31. The first-order valence-electron chi connectivity index (χ1n) is 11.4. The average molecular weight is 535 g/mol. The summed E-state index contributed by atoms with van der Waals surface area (Å²) in [6.07, 6.45) is -4.55. The summed E-state index contributed by atoms with van der Waals surface area (Å²) in [5.41, 5.74) is 0.248. The number of anilines is 1. The van der Waals surface area contributed by atoms with Crippen LogP contribution in [-0.2, 0) is 20.8 Å². The molecule has 3 aromatic carbocycles. The van der Waals surface area contributed by atoms with Crippen LogP contribution >= 0.6 is 0 Å². The van der Waals surface area contributed by atoms with Gasteiger partial charge in [-0.3, -0.25) is 10.0 Å². The van der Waals surface area contributed by atoms with Crippen molar-refractivity contribution in [3.63, 3.8) is 0 Å². The second-order valence-corrected chi connectivity index (χ2v) is 11.1. The Hall–Kier alpha value is -3.41. The van der Waals surface area contributed by atoms with E-state index in [4.69, 9.17) is 4.74 Å². The zero-order chi connectivity index (χ0) is 26.8. The minimum absolute atomic E-state index is 0.0408. The molecule has 1 aliphatic rings. The van der Waals surface area contributed by atoms with Crippen LogP contribution in [0.25, 0.3) is 0 Å². The zero-order valence-corrected chi connectivity index (χ0v) is 20.6. The summed E-state index contributed by atoms with van der Waals surface area (Å²) in [5.74, 6) is -0.599. The topological polar surface area (TPSA) is 95.9 Å². The van der Waals surface area contributed by atoms with Gasteiger partial charge in [0.25, 0.3) is 5.91 Å². The lowest BCUT2D eigenvalue weighted by Gasteiger charge is -2.37. The summed E-state index contributed by atoms with van der Waals surface area (Å²) < 4.78 is 69.6. The van der Waals surface area contributed by atoms with Gasteiger partial charge in [0, 0.05) is 0 Å². The number of carbonyl (C=O) groups is 1. The van der Waals surface area contributed by atoms with Gasteiger partial charge in [0.2, 0.25) is 0 Å². The number of sulfone groups is 1. The van der Waals surface area contributed by atoms with Gasteiger partial charge in [-0.05, 0) is 93.5 Å². The summed E-state index contributed by atoms with van der Waals surface area (Å²) in [6.45, 7) is 2.38. The number of aryl methyl sites for hydroxylation is 1. The van der Waals surface area contributed by atoms with E-state index in [1.807, 2.05) is 6.92 Å². The number of ether oxygens (including phenoxy) is 1. The Labute approximate surface area is 212 Å². The molecule has 0 aliphatic carbocycles. The molecule has 1 aliphatic heterocycles. The number of alkyl halides is 3. The normalized spacial score (nSPS) is 15.7. The van der Waals surface area contributed by atoms with E-state index in [1.165, 1.54) is 36.4 Å². The third-order valence-corrected chi connectivity index (χ3v) is 8.84. The number of amides is 1. The van der Waals surface area contributed by atoms with E-state index in [0.29, 0.717) is 5.06 Å². The Bertz CT molecular complexity index is 1350. The highest BCUT2D eigenvalue weighted by atomic mass is 32.2. The second kappa shape index (κ2) is 10.2. The van der Waals surface area contributed by atoms with Crippen LogP contribution in [0.15, 0.2) is 77.7 Å². The van der Waals surface area contributed by atoms with E-state index in [2.05, 4.69) is 5.32 Å². The molecule has 37 heavy (non-hydrogen) atoms. The highest BCUT2D eigenvalue weighted by Gasteiger charge is 2.53. The Balaban J connectivity index is 1.60. The van der Waals surface area contributed by atoms with E-state index in [-0.39, 0.29) is 48.0 Å². The number of carbonyl (C=O) groups excluding carboxylic acids is 1. The van der Waals surface area contributed by atoms with E-state index in [9.17, 15) is 31.6 Å². The summed E-state index contributed by atoms with van der Waals surface area (Å²) >= 11 is 0. The smallest absolute Gasteiger partial charge is 0.416 e. The number of nitrogens with one attached hydrogen (secondary N) is 1. The lowest BCUT2D eigenvalue weighted by molar-refractivity contribution is -0.137. The monoisotopic (exact) mass is 534 g/mol. The molecule has 196 valence electrons. The minimum Gasteiger partial charge on any atom is -0.457 e. The summed E-state index contributed by atoms with van der Waals surface area (Å²) in [4.78, 5) is 13.4. The summed E-state index contributed by atoms with van der Waals surface area (Å²) in [7, 11) is -4.27. The van der Waals surface area contributed by atoms with E-state index in [1.54, 1.807) is 12.1 Å². The summed E-state index contributed by atoms with van der Waals surface area (Å²) in [5, 5.41) is 14.1. The first-order chi connectivity index (χ1) is 17.4. The average Bonchev–Trinajstić information content (AvgIpc) is 2.89. The van der Waals surface area contributed by atoms with Gasteiger partial charge in [-0.1, -0.05) is 17.7 Å². The molecule has 1 amide bonds. The van der Waals surface area contributed by atoms with Crippen molar-refractivity contribution in [3.8, 4) is 11.5 Å². The predicted molar refractivity (Wildman–Crippen MR) is 130 cm³/mol. The maximum Gasteiger partial charge on any atom is 0.416 e. The predicted octanol–water partition coefficient (Wildman–Crippen LogP) is 5.12. The third kappa shape index (κ3) is 5.34. The Morgan fingerprint density at radius 3 is 1.95 bits per heavy atom. The van der Waals surface area contributed by atoms with Crippen LogP contribution in [0.5, 0.6) is 11.5 Å². The van der Waals surface area contributed by atoms with Gasteiger partial charge in [-0.2, -0.15) is 18.2 Å². The first-order valence-corrected chi connectivity index (χ1v) is 12.9. The molecule has 0 atom stereocenters. The number of piperidine rings is 1. The Morgan fingerprint density at radius 2 is 1.43 bits per heavy atom. The van der Waals surface area contributed by atoms with Gasteiger partial charge in [-0.15, -0.1) is 0 Å². The van der Waals surface area contributed by atoms with Crippen LogP contribution in [0.4, 0.5) is 18.9 Å².